The number of nitrogens with two attached hydrogens (primary N) is 1. The van der Waals surface area contributed by atoms with Crippen molar-refractivity contribution in [2.75, 3.05) is 0 Å². The molecule has 0 aliphatic heterocycles. The summed E-state index contributed by atoms with van der Waals surface area (Å²) in [5, 5.41) is 0. The number of nitrogens with one attached hydrogen (secondary N) is 1. The molecule has 23 heavy (non-hydrogen) atoms. The summed E-state index contributed by atoms with van der Waals surface area (Å²) < 4.78 is 0. The molecule has 0 radical (unpaired) electrons. The first-order valence-corrected chi connectivity index (χ1v) is 8.04. The number of aromatic amines is 1. The monoisotopic (exact) mass is 311 g/mol. The van der Waals surface area contributed by atoms with Gasteiger partial charge in [-0.1, -0.05) is 26.0 Å². The molecule has 2 rings (SSSR count). The molecule has 1 unspecified atom stereocenters. The van der Waals surface area contributed by atoms with Crippen molar-refractivity contribution >= 4 is 11.4 Å². The van der Waals surface area contributed by atoms with Gasteiger partial charge in [0.05, 0.1) is 11.4 Å². The number of aryl methyl sites for hydroxylation is 2. The lowest BCUT2D eigenvalue weighted by atomic mass is 9.96. The summed E-state index contributed by atoms with van der Waals surface area (Å²) in [4.78, 5) is 19.3. The minimum Gasteiger partial charge on any atom is -0.328 e. The molecule has 1 aromatic heterocycles. The number of aliphatic imine (C=N–C) groups is 1. The lowest BCUT2D eigenvalue weighted by Gasteiger charge is -2.15. The molecule has 4 heteroatoms. The van der Waals surface area contributed by atoms with Crippen LogP contribution in [0.2, 0.25) is 0 Å². The number of hydrogen-bond donors (Lipinski definition) is 2. The summed E-state index contributed by atoms with van der Waals surface area (Å²) >= 11 is 0. The van der Waals surface area contributed by atoms with E-state index in [-0.39, 0.29) is 5.56 Å². The van der Waals surface area contributed by atoms with Crippen LogP contribution in [0.5, 0.6) is 0 Å². The Kier molecular flexibility index (Phi) is 5.50. The van der Waals surface area contributed by atoms with E-state index in [4.69, 9.17) is 10.7 Å². The molecule has 0 saturated heterocycles. The molecule has 0 bridgehead atoms. The number of rotatable bonds is 5. The summed E-state index contributed by atoms with van der Waals surface area (Å²) in [7, 11) is 0. The van der Waals surface area contributed by atoms with E-state index in [0.717, 1.165) is 34.5 Å². The Bertz CT molecular complexity index is 774. The van der Waals surface area contributed by atoms with Gasteiger partial charge in [-0.05, 0) is 49.4 Å². The van der Waals surface area contributed by atoms with Crippen LogP contribution in [-0.4, -0.2) is 10.7 Å². The maximum atomic E-state index is 11.6. The Morgan fingerprint density at radius 1 is 1.26 bits per heavy atom. The second-order valence-electron chi connectivity index (χ2n) is 6.03. The highest BCUT2D eigenvalue weighted by Crippen LogP contribution is 2.24. The van der Waals surface area contributed by atoms with Crippen LogP contribution in [0.3, 0.4) is 0 Å². The van der Waals surface area contributed by atoms with E-state index < -0.39 is 0 Å². The fraction of sp³-hybridized carbons (Fsp3) is 0.368. The van der Waals surface area contributed by atoms with Crippen molar-refractivity contribution in [1.82, 2.24) is 4.98 Å². The van der Waals surface area contributed by atoms with Gasteiger partial charge in [-0.25, -0.2) is 0 Å². The van der Waals surface area contributed by atoms with Gasteiger partial charge in [0.1, 0.15) is 0 Å². The predicted octanol–water partition coefficient (Wildman–Crippen LogP) is 3.62. The molecule has 1 aromatic carbocycles. The standard InChI is InChI=1S/C19H25N3O/c1-5-12(2)18(16-8-14(4)19(23)21-11-16)22-17-9-15(10-20)7-6-13(17)3/h6-9,11-12H,5,10,20H2,1-4H3,(H,21,23). The zero-order valence-corrected chi connectivity index (χ0v) is 14.3. The molecule has 1 atom stereocenters. The van der Waals surface area contributed by atoms with Gasteiger partial charge in [-0.15, -0.1) is 0 Å². The van der Waals surface area contributed by atoms with Crippen LogP contribution in [0.15, 0.2) is 40.2 Å². The second kappa shape index (κ2) is 7.38. The fourth-order valence-corrected chi connectivity index (χ4v) is 2.43. The number of nitrogens with zero attached hydrogens (tertiary/aromatic N) is 1. The van der Waals surface area contributed by atoms with E-state index >= 15 is 0 Å². The molecule has 3 N–H and O–H groups in total. The average Bonchev–Trinajstić information content (AvgIpc) is 2.56. The Labute approximate surface area is 137 Å². The molecule has 2 aromatic rings. The van der Waals surface area contributed by atoms with Crippen molar-refractivity contribution < 1.29 is 0 Å². The number of pyridine rings is 1. The molecule has 122 valence electrons. The van der Waals surface area contributed by atoms with Crippen LogP contribution in [-0.2, 0) is 6.54 Å². The highest BCUT2D eigenvalue weighted by Gasteiger charge is 2.13. The molecule has 0 aliphatic carbocycles. The maximum absolute atomic E-state index is 11.6. The van der Waals surface area contributed by atoms with Crippen molar-refractivity contribution in [3.05, 3.63) is 63.1 Å². The molecule has 0 fully saturated rings. The van der Waals surface area contributed by atoms with Crippen molar-refractivity contribution in [3.8, 4) is 0 Å². The number of H-pyrrole nitrogens is 1. The van der Waals surface area contributed by atoms with E-state index in [1.165, 1.54) is 0 Å². The largest absolute Gasteiger partial charge is 0.328 e. The minimum atomic E-state index is -0.0569. The van der Waals surface area contributed by atoms with Gasteiger partial charge in [0.15, 0.2) is 0 Å². The fourth-order valence-electron chi connectivity index (χ4n) is 2.43. The first kappa shape index (κ1) is 17.2. The normalized spacial score (nSPS) is 13.2. The Morgan fingerprint density at radius 3 is 2.61 bits per heavy atom. The smallest absolute Gasteiger partial charge is 0.250 e. The molecular formula is C19H25N3O. The predicted molar refractivity (Wildman–Crippen MR) is 96.5 cm³/mol. The van der Waals surface area contributed by atoms with Crippen molar-refractivity contribution in [2.45, 2.75) is 40.7 Å². The Morgan fingerprint density at radius 2 is 2.00 bits per heavy atom. The highest BCUT2D eigenvalue weighted by molar-refractivity contribution is 6.03. The van der Waals surface area contributed by atoms with E-state index in [1.54, 1.807) is 6.20 Å². The van der Waals surface area contributed by atoms with Crippen LogP contribution in [0.25, 0.3) is 0 Å². The zero-order valence-electron chi connectivity index (χ0n) is 14.3. The summed E-state index contributed by atoms with van der Waals surface area (Å²) in [6.07, 6.45) is 2.73. The summed E-state index contributed by atoms with van der Waals surface area (Å²) in [6.45, 7) is 8.66. The average molecular weight is 311 g/mol. The second-order valence-corrected chi connectivity index (χ2v) is 6.03. The summed E-state index contributed by atoms with van der Waals surface area (Å²) in [6, 6.07) is 8.02. The third-order valence-electron chi connectivity index (χ3n) is 4.21. The quantitative estimate of drug-likeness (QED) is 0.828. The van der Waals surface area contributed by atoms with Gasteiger partial charge in [0, 0.05) is 23.9 Å². The van der Waals surface area contributed by atoms with Gasteiger partial charge in [-0.2, -0.15) is 0 Å². The first-order valence-electron chi connectivity index (χ1n) is 8.04. The third-order valence-corrected chi connectivity index (χ3v) is 4.21. The molecular weight excluding hydrogens is 286 g/mol. The molecule has 4 nitrogen and oxygen atoms in total. The van der Waals surface area contributed by atoms with E-state index in [0.29, 0.717) is 18.0 Å². The zero-order chi connectivity index (χ0) is 17.0. The van der Waals surface area contributed by atoms with Crippen LogP contribution in [0, 0.1) is 19.8 Å². The number of hydrogen-bond acceptors (Lipinski definition) is 3. The van der Waals surface area contributed by atoms with Crippen LogP contribution in [0.4, 0.5) is 5.69 Å². The highest BCUT2D eigenvalue weighted by atomic mass is 16.1. The first-order chi connectivity index (χ1) is 11.0. The van der Waals surface area contributed by atoms with Gasteiger partial charge in [0.2, 0.25) is 0 Å². The minimum absolute atomic E-state index is 0.0569. The van der Waals surface area contributed by atoms with Gasteiger partial charge in [-0.3, -0.25) is 9.79 Å². The Hall–Kier alpha value is -2.20. The summed E-state index contributed by atoms with van der Waals surface area (Å²) in [5.74, 6) is 0.293. The molecule has 1 heterocycles. The van der Waals surface area contributed by atoms with E-state index in [9.17, 15) is 4.79 Å². The van der Waals surface area contributed by atoms with Crippen LogP contribution < -0.4 is 11.3 Å². The van der Waals surface area contributed by atoms with E-state index in [1.807, 2.05) is 38.1 Å². The van der Waals surface area contributed by atoms with Crippen LogP contribution >= 0.6 is 0 Å². The molecule has 0 aliphatic rings. The molecule has 0 amide bonds. The van der Waals surface area contributed by atoms with Gasteiger partial charge in [0.25, 0.3) is 5.56 Å². The van der Waals surface area contributed by atoms with Crippen molar-refractivity contribution in [2.24, 2.45) is 16.6 Å². The third kappa shape index (κ3) is 3.96. The SMILES string of the molecule is CCC(C)C(=Nc1cc(CN)ccc1C)c1c[nH]c(=O)c(C)c1. The van der Waals surface area contributed by atoms with Crippen molar-refractivity contribution in [1.29, 1.82) is 0 Å². The van der Waals surface area contributed by atoms with Gasteiger partial charge >= 0.3 is 0 Å². The van der Waals surface area contributed by atoms with Crippen molar-refractivity contribution in [3.63, 3.8) is 0 Å². The number of benzene rings is 1. The lowest BCUT2D eigenvalue weighted by molar-refractivity contribution is 0.739. The van der Waals surface area contributed by atoms with E-state index in [2.05, 4.69) is 18.8 Å². The number of aromatic nitrogens is 1. The summed E-state index contributed by atoms with van der Waals surface area (Å²) in [5.41, 5.74) is 11.5. The van der Waals surface area contributed by atoms with Crippen LogP contribution in [0.1, 0.15) is 42.5 Å². The lowest BCUT2D eigenvalue weighted by Crippen LogP contribution is -2.16. The topological polar surface area (TPSA) is 71.2 Å². The molecule has 0 saturated carbocycles. The Balaban J connectivity index is 2.58. The molecule has 0 spiro atoms. The van der Waals surface area contributed by atoms with Gasteiger partial charge < -0.3 is 10.7 Å². The maximum Gasteiger partial charge on any atom is 0.250 e.